The van der Waals surface area contributed by atoms with Crippen molar-refractivity contribution >= 4 is 11.8 Å². The van der Waals surface area contributed by atoms with Gasteiger partial charge in [0.05, 0.1) is 23.3 Å². The molecule has 1 fully saturated rings. The van der Waals surface area contributed by atoms with E-state index < -0.39 is 0 Å². The Balaban J connectivity index is 1.68. The smallest absolute Gasteiger partial charge is 0.231 e. The average molecular weight is 285 g/mol. The van der Waals surface area contributed by atoms with E-state index in [-0.39, 0.29) is 0 Å². The third kappa shape index (κ3) is 3.02. The van der Waals surface area contributed by atoms with Crippen LogP contribution in [0.5, 0.6) is 0 Å². The first kappa shape index (κ1) is 13.2. The largest absolute Gasteiger partial charge is 0.339 e. The summed E-state index contributed by atoms with van der Waals surface area (Å²) >= 11 is 1.92. The summed E-state index contributed by atoms with van der Waals surface area (Å²) in [4.78, 5) is 4.51. The minimum Gasteiger partial charge on any atom is -0.339 e. The van der Waals surface area contributed by atoms with E-state index in [1.165, 1.54) is 18.6 Å². The van der Waals surface area contributed by atoms with Crippen LogP contribution in [0.25, 0.3) is 0 Å². The van der Waals surface area contributed by atoms with Crippen molar-refractivity contribution in [1.29, 1.82) is 5.26 Å². The summed E-state index contributed by atoms with van der Waals surface area (Å²) in [5.41, 5.74) is 1.74. The van der Waals surface area contributed by atoms with Crippen molar-refractivity contribution in [3.8, 4) is 6.07 Å². The highest BCUT2D eigenvalue weighted by atomic mass is 32.2. The van der Waals surface area contributed by atoms with Crippen molar-refractivity contribution in [2.24, 2.45) is 0 Å². The van der Waals surface area contributed by atoms with Crippen molar-refractivity contribution in [2.45, 2.75) is 30.9 Å². The molecule has 3 rings (SSSR count). The number of hydrogen-bond acceptors (Lipinski definition) is 5. The van der Waals surface area contributed by atoms with Gasteiger partial charge >= 0.3 is 0 Å². The predicted octanol–water partition coefficient (Wildman–Crippen LogP) is 3.49. The highest BCUT2D eigenvalue weighted by molar-refractivity contribution is 7.99. The molecule has 1 aliphatic rings. The van der Waals surface area contributed by atoms with Gasteiger partial charge in [0.2, 0.25) is 5.89 Å². The van der Waals surface area contributed by atoms with Gasteiger partial charge < -0.3 is 4.52 Å². The molecule has 1 saturated heterocycles. The van der Waals surface area contributed by atoms with Crippen LogP contribution in [0, 0.1) is 11.3 Å². The zero-order valence-electron chi connectivity index (χ0n) is 11.1. The first-order valence-electron chi connectivity index (χ1n) is 6.78. The van der Waals surface area contributed by atoms with Crippen LogP contribution >= 0.6 is 11.8 Å². The van der Waals surface area contributed by atoms with Crippen LogP contribution in [0.1, 0.15) is 47.4 Å². The molecule has 1 atom stereocenters. The lowest BCUT2D eigenvalue weighted by atomic mass is 10.1. The van der Waals surface area contributed by atoms with Crippen molar-refractivity contribution in [1.82, 2.24) is 10.1 Å². The molecule has 0 aliphatic carbocycles. The lowest BCUT2D eigenvalue weighted by molar-refractivity contribution is 0.378. The molecule has 2 heterocycles. The van der Waals surface area contributed by atoms with Crippen molar-refractivity contribution in [3.63, 3.8) is 0 Å². The van der Waals surface area contributed by atoms with E-state index in [1.807, 2.05) is 36.0 Å². The summed E-state index contributed by atoms with van der Waals surface area (Å²) in [7, 11) is 0. The maximum absolute atomic E-state index is 8.77. The average Bonchev–Trinajstić information content (AvgIpc) is 2.97. The second-order valence-corrected chi connectivity index (χ2v) is 6.20. The van der Waals surface area contributed by atoms with Gasteiger partial charge in [0, 0.05) is 0 Å². The minimum atomic E-state index is 0.391. The zero-order valence-corrected chi connectivity index (χ0v) is 11.9. The van der Waals surface area contributed by atoms with Crippen LogP contribution in [0.15, 0.2) is 28.8 Å². The SMILES string of the molecule is N#Cc1ccc(Cc2nc(C3CCCCS3)no2)cc1. The van der Waals surface area contributed by atoms with E-state index in [2.05, 4.69) is 16.2 Å². The van der Waals surface area contributed by atoms with Crippen molar-refractivity contribution in [2.75, 3.05) is 5.75 Å². The van der Waals surface area contributed by atoms with Crippen LogP contribution in [0.2, 0.25) is 0 Å². The molecule has 0 bridgehead atoms. The molecule has 0 saturated carbocycles. The van der Waals surface area contributed by atoms with Gasteiger partial charge in [0.25, 0.3) is 0 Å². The number of benzene rings is 1. The van der Waals surface area contributed by atoms with Crippen LogP contribution in [0.4, 0.5) is 0 Å². The van der Waals surface area contributed by atoms with Gasteiger partial charge in [0.1, 0.15) is 0 Å². The Kier molecular flexibility index (Phi) is 4.03. The number of nitrogens with zero attached hydrogens (tertiary/aromatic N) is 3. The molecule has 0 radical (unpaired) electrons. The number of aromatic nitrogens is 2. The van der Waals surface area contributed by atoms with E-state index >= 15 is 0 Å². The van der Waals surface area contributed by atoms with E-state index in [1.54, 1.807) is 0 Å². The fourth-order valence-corrected chi connectivity index (χ4v) is 3.52. The fourth-order valence-electron chi connectivity index (χ4n) is 2.29. The first-order valence-corrected chi connectivity index (χ1v) is 7.83. The Labute approximate surface area is 122 Å². The normalized spacial score (nSPS) is 18.6. The third-order valence-corrected chi connectivity index (χ3v) is 4.76. The molecule has 0 N–H and O–H groups in total. The van der Waals surface area contributed by atoms with E-state index in [9.17, 15) is 0 Å². The summed E-state index contributed by atoms with van der Waals surface area (Å²) in [6.45, 7) is 0. The van der Waals surface area contributed by atoms with Crippen LogP contribution in [-0.4, -0.2) is 15.9 Å². The van der Waals surface area contributed by atoms with E-state index in [4.69, 9.17) is 9.78 Å². The minimum absolute atomic E-state index is 0.391. The number of nitriles is 1. The lowest BCUT2D eigenvalue weighted by Gasteiger charge is -2.17. The van der Waals surface area contributed by atoms with Gasteiger partial charge in [-0.3, -0.25) is 0 Å². The summed E-state index contributed by atoms with van der Waals surface area (Å²) < 4.78 is 5.34. The van der Waals surface area contributed by atoms with Gasteiger partial charge in [-0.2, -0.15) is 22.0 Å². The Bertz CT molecular complexity index is 609. The summed E-state index contributed by atoms with van der Waals surface area (Å²) in [6.07, 6.45) is 4.30. The van der Waals surface area contributed by atoms with Gasteiger partial charge in [-0.25, -0.2) is 0 Å². The lowest BCUT2D eigenvalue weighted by Crippen LogP contribution is -2.03. The Hall–Kier alpha value is -1.80. The molecule has 1 aromatic carbocycles. The second-order valence-electron chi connectivity index (χ2n) is 4.89. The molecule has 2 aromatic rings. The number of rotatable bonds is 3. The van der Waals surface area contributed by atoms with Crippen LogP contribution < -0.4 is 0 Å². The highest BCUT2D eigenvalue weighted by Crippen LogP contribution is 2.36. The molecular weight excluding hydrogens is 270 g/mol. The molecule has 0 spiro atoms. The number of thioether (sulfide) groups is 1. The zero-order chi connectivity index (χ0) is 13.8. The molecule has 1 aliphatic heterocycles. The van der Waals surface area contributed by atoms with Crippen molar-refractivity contribution in [3.05, 3.63) is 47.1 Å². The molecule has 1 aromatic heterocycles. The van der Waals surface area contributed by atoms with Gasteiger partial charge in [-0.1, -0.05) is 23.7 Å². The third-order valence-electron chi connectivity index (χ3n) is 3.39. The van der Waals surface area contributed by atoms with Crippen LogP contribution in [-0.2, 0) is 6.42 Å². The maximum atomic E-state index is 8.77. The highest BCUT2D eigenvalue weighted by Gasteiger charge is 2.21. The molecular formula is C15H15N3OS. The molecule has 1 unspecified atom stereocenters. The molecule has 4 nitrogen and oxygen atoms in total. The quantitative estimate of drug-likeness (QED) is 0.863. The second kappa shape index (κ2) is 6.10. The standard InChI is InChI=1S/C15H15N3OS/c16-10-12-6-4-11(5-7-12)9-14-17-15(18-19-14)13-3-1-2-8-20-13/h4-7,13H,1-3,8-9H2. The summed E-state index contributed by atoms with van der Waals surface area (Å²) in [5.74, 6) is 2.67. The Morgan fingerprint density at radius 3 is 2.85 bits per heavy atom. The maximum Gasteiger partial charge on any atom is 0.231 e. The van der Waals surface area contributed by atoms with Gasteiger partial charge in [-0.15, -0.1) is 0 Å². The molecule has 20 heavy (non-hydrogen) atoms. The molecule has 5 heteroatoms. The van der Waals surface area contributed by atoms with E-state index in [0.29, 0.717) is 23.1 Å². The molecule has 102 valence electrons. The monoisotopic (exact) mass is 285 g/mol. The van der Waals surface area contributed by atoms with Gasteiger partial charge in [-0.05, 0) is 36.3 Å². The van der Waals surface area contributed by atoms with Crippen LogP contribution in [0.3, 0.4) is 0 Å². The fraction of sp³-hybridized carbons (Fsp3) is 0.400. The topological polar surface area (TPSA) is 62.7 Å². The Morgan fingerprint density at radius 1 is 1.30 bits per heavy atom. The summed E-state index contributed by atoms with van der Waals surface area (Å²) in [6, 6.07) is 9.59. The molecule has 0 amide bonds. The predicted molar refractivity (Wildman–Crippen MR) is 77.3 cm³/mol. The summed E-state index contributed by atoms with van der Waals surface area (Å²) in [5, 5.41) is 13.3. The van der Waals surface area contributed by atoms with E-state index in [0.717, 1.165) is 17.8 Å². The van der Waals surface area contributed by atoms with Gasteiger partial charge in [0.15, 0.2) is 5.82 Å². The first-order chi connectivity index (χ1) is 9.85. The Morgan fingerprint density at radius 2 is 2.15 bits per heavy atom. The van der Waals surface area contributed by atoms with Crippen molar-refractivity contribution < 1.29 is 4.52 Å². The number of hydrogen-bond donors (Lipinski definition) is 0.